The Morgan fingerprint density at radius 2 is 1.76 bits per heavy atom. The van der Waals surface area contributed by atoms with Crippen molar-refractivity contribution in [3.8, 4) is 0 Å². The molecule has 4 rings (SSSR count). The third kappa shape index (κ3) is 7.18. The van der Waals surface area contributed by atoms with Crippen LogP contribution in [0.25, 0.3) is 0 Å². The van der Waals surface area contributed by atoms with Crippen LogP contribution in [0.2, 0.25) is 0 Å². The Hall–Kier alpha value is -3.14. The number of nitrogens with zero attached hydrogens (tertiary/aromatic N) is 3. The molecule has 2 aromatic heterocycles. The van der Waals surface area contributed by atoms with Gasteiger partial charge in [-0.3, -0.25) is 5.10 Å². The number of alkyl halides is 3. The van der Waals surface area contributed by atoms with Crippen molar-refractivity contribution in [2.75, 3.05) is 10.6 Å². The second-order valence-electron chi connectivity index (χ2n) is 8.25. The first-order valence-corrected chi connectivity index (χ1v) is 10.9. The molecule has 3 aromatic rings. The maximum atomic E-state index is 13.3. The lowest BCUT2D eigenvalue weighted by atomic mass is 9.98. The number of aliphatic hydroxyl groups is 1. The van der Waals surface area contributed by atoms with E-state index in [4.69, 9.17) is 5.11 Å². The van der Waals surface area contributed by atoms with Crippen LogP contribution < -0.4 is 10.6 Å². The second kappa shape index (κ2) is 10.7. The summed E-state index contributed by atoms with van der Waals surface area (Å²) in [6.45, 7) is 5.55. The molecule has 0 amide bonds. The Morgan fingerprint density at radius 1 is 1.03 bits per heavy atom. The molecule has 33 heavy (non-hydrogen) atoms. The Bertz CT molecular complexity index is 1060. The van der Waals surface area contributed by atoms with E-state index in [1.807, 2.05) is 32.0 Å². The SMILES string of the molecule is Cc1ccc(C)c(Nc2ncc(C(F)(F)F)c(Nc3cc(C)[nH]n3)n2)c1.OC1CCCCC1. The van der Waals surface area contributed by atoms with Gasteiger partial charge in [0.05, 0.1) is 6.10 Å². The van der Waals surface area contributed by atoms with Crippen molar-refractivity contribution in [1.29, 1.82) is 0 Å². The molecule has 0 unspecified atom stereocenters. The van der Waals surface area contributed by atoms with Gasteiger partial charge >= 0.3 is 6.18 Å². The first-order valence-electron chi connectivity index (χ1n) is 10.9. The normalized spacial score (nSPS) is 14.4. The van der Waals surface area contributed by atoms with Gasteiger partial charge < -0.3 is 15.7 Å². The van der Waals surface area contributed by atoms with Crippen LogP contribution in [0.1, 0.15) is 54.5 Å². The monoisotopic (exact) mass is 462 g/mol. The molecule has 1 aromatic carbocycles. The fourth-order valence-electron chi connectivity index (χ4n) is 3.42. The molecule has 0 bridgehead atoms. The summed E-state index contributed by atoms with van der Waals surface area (Å²) in [5.41, 5.74) is 2.41. The molecule has 1 saturated carbocycles. The highest BCUT2D eigenvalue weighted by molar-refractivity contribution is 5.63. The Balaban J connectivity index is 0.000000374. The summed E-state index contributed by atoms with van der Waals surface area (Å²) in [5.74, 6) is -0.0716. The number of rotatable bonds is 4. The summed E-state index contributed by atoms with van der Waals surface area (Å²) >= 11 is 0. The molecular weight excluding hydrogens is 433 g/mol. The molecule has 1 aliphatic carbocycles. The zero-order chi connectivity index (χ0) is 24.0. The quantitative estimate of drug-likeness (QED) is 0.383. The van der Waals surface area contributed by atoms with E-state index in [1.54, 1.807) is 13.0 Å². The van der Waals surface area contributed by atoms with E-state index in [9.17, 15) is 13.2 Å². The van der Waals surface area contributed by atoms with Crippen molar-refractivity contribution in [2.45, 2.75) is 65.2 Å². The van der Waals surface area contributed by atoms with Crippen LogP contribution >= 0.6 is 0 Å². The lowest BCUT2D eigenvalue weighted by Crippen LogP contribution is -2.13. The molecule has 178 valence electrons. The van der Waals surface area contributed by atoms with Gasteiger partial charge in [0.1, 0.15) is 11.4 Å². The van der Waals surface area contributed by atoms with Crippen LogP contribution in [0.3, 0.4) is 0 Å². The summed E-state index contributed by atoms with van der Waals surface area (Å²) < 4.78 is 39.8. The third-order valence-corrected chi connectivity index (χ3v) is 5.26. The second-order valence-corrected chi connectivity index (χ2v) is 8.25. The van der Waals surface area contributed by atoms with Gasteiger partial charge in [0, 0.05) is 23.6 Å². The molecule has 1 aliphatic rings. The van der Waals surface area contributed by atoms with Crippen LogP contribution in [0, 0.1) is 20.8 Å². The van der Waals surface area contributed by atoms with E-state index in [2.05, 4.69) is 30.8 Å². The minimum atomic E-state index is -4.59. The largest absolute Gasteiger partial charge is 0.421 e. The number of hydrogen-bond donors (Lipinski definition) is 4. The molecule has 2 heterocycles. The summed E-state index contributed by atoms with van der Waals surface area (Å²) in [5, 5.41) is 21.0. The maximum Gasteiger partial charge on any atom is 0.421 e. The predicted molar refractivity (Wildman–Crippen MR) is 122 cm³/mol. The van der Waals surface area contributed by atoms with Gasteiger partial charge in [0.2, 0.25) is 5.95 Å². The first kappa shape index (κ1) is 24.5. The number of H-pyrrole nitrogens is 1. The number of nitrogens with one attached hydrogen (secondary N) is 3. The standard InChI is InChI=1S/C17H17F3N6.C6H12O/c1-9-4-5-10(2)13(6-9)22-16-21-8-12(17(18,19)20)15(24-16)23-14-7-11(3)25-26-14;7-6-4-2-1-3-5-6/h4-8H,1-3H3,(H3,21,22,23,24,25,26);6-7H,1-5H2. The van der Waals surface area contributed by atoms with Gasteiger partial charge in [-0.25, -0.2) is 4.98 Å². The van der Waals surface area contributed by atoms with Crippen LogP contribution in [0.4, 0.5) is 36.4 Å². The molecular formula is C23H29F3N6O. The highest BCUT2D eigenvalue weighted by Gasteiger charge is 2.35. The number of benzene rings is 1. The van der Waals surface area contributed by atoms with Crippen molar-refractivity contribution in [3.05, 3.63) is 52.8 Å². The summed E-state index contributed by atoms with van der Waals surface area (Å²) in [6.07, 6.45) is 2.08. The fraction of sp³-hybridized carbons (Fsp3) is 0.435. The topological polar surface area (TPSA) is 98.8 Å². The van der Waals surface area contributed by atoms with E-state index in [-0.39, 0.29) is 23.7 Å². The number of hydrogen-bond acceptors (Lipinski definition) is 6. The molecule has 10 heteroatoms. The number of halogens is 3. The average Bonchev–Trinajstić information content (AvgIpc) is 3.16. The van der Waals surface area contributed by atoms with Gasteiger partial charge in [-0.2, -0.15) is 23.3 Å². The van der Waals surface area contributed by atoms with Crippen molar-refractivity contribution in [2.24, 2.45) is 0 Å². The molecule has 0 saturated heterocycles. The lowest BCUT2D eigenvalue weighted by molar-refractivity contribution is -0.137. The lowest BCUT2D eigenvalue weighted by Gasteiger charge is -2.14. The summed E-state index contributed by atoms with van der Waals surface area (Å²) in [7, 11) is 0. The van der Waals surface area contributed by atoms with E-state index in [1.165, 1.54) is 19.3 Å². The molecule has 0 spiro atoms. The predicted octanol–water partition coefficient (Wildman–Crippen LogP) is 5.94. The average molecular weight is 463 g/mol. The zero-order valence-electron chi connectivity index (χ0n) is 18.9. The van der Waals surface area contributed by atoms with Gasteiger partial charge in [-0.1, -0.05) is 31.4 Å². The van der Waals surface area contributed by atoms with Crippen molar-refractivity contribution < 1.29 is 18.3 Å². The number of anilines is 4. The molecule has 7 nitrogen and oxygen atoms in total. The van der Waals surface area contributed by atoms with E-state index < -0.39 is 11.7 Å². The number of aromatic nitrogens is 4. The fourth-order valence-corrected chi connectivity index (χ4v) is 3.42. The summed E-state index contributed by atoms with van der Waals surface area (Å²) in [4.78, 5) is 7.81. The highest BCUT2D eigenvalue weighted by atomic mass is 19.4. The molecule has 1 fully saturated rings. The number of aliphatic hydroxyl groups excluding tert-OH is 1. The first-order chi connectivity index (χ1) is 15.6. The minimum Gasteiger partial charge on any atom is -0.393 e. The van der Waals surface area contributed by atoms with Crippen molar-refractivity contribution >= 4 is 23.3 Å². The van der Waals surface area contributed by atoms with Crippen molar-refractivity contribution in [3.63, 3.8) is 0 Å². The molecule has 0 radical (unpaired) electrons. The van der Waals surface area contributed by atoms with Gasteiger partial charge in [-0.15, -0.1) is 0 Å². The van der Waals surface area contributed by atoms with Gasteiger partial charge in [-0.05, 0) is 50.8 Å². The molecule has 0 atom stereocenters. The zero-order valence-corrected chi connectivity index (χ0v) is 18.9. The Labute approximate surface area is 190 Å². The Kier molecular flexibility index (Phi) is 7.91. The van der Waals surface area contributed by atoms with Crippen molar-refractivity contribution in [1.82, 2.24) is 20.2 Å². The molecule has 4 N–H and O–H groups in total. The van der Waals surface area contributed by atoms with Gasteiger partial charge in [0.25, 0.3) is 0 Å². The summed E-state index contributed by atoms with van der Waals surface area (Å²) in [6, 6.07) is 7.31. The van der Waals surface area contributed by atoms with E-state index in [0.717, 1.165) is 35.9 Å². The van der Waals surface area contributed by atoms with E-state index >= 15 is 0 Å². The van der Waals surface area contributed by atoms with Crippen LogP contribution in [-0.4, -0.2) is 31.4 Å². The van der Waals surface area contributed by atoms with E-state index in [0.29, 0.717) is 5.69 Å². The van der Waals surface area contributed by atoms with Crippen LogP contribution in [0.5, 0.6) is 0 Å². The highest BCUT2D eigenvalue weighted by Crippen LogP contribution is 2.35. The smallest absolute Gasteiger partial charge is 0.393 e. The minimum absolute atomic E-state index is 0.0359. The Morgan fingerprint density at radius 3 is 2.33 bits per heavy atom. The third-order valence-electron chi connectivity index (χ3n) is 5.26. The van der Waals surface area contributed by atoms with Crippen LogP contribution in [0.15, 0.2) is 30.5 Å². The maximum absolute atomic E-state index is 13.3. The van der Waals surface area contributed by atoms with Crippen LogP contribution in [-0.2, 0) is 6.18 Å². The van der Waals surface area contributed by atoms with Gasteiger partial charge in [0.15, 0.2) is 5.82 Å². The molecule has 0 aliphatic heterocycles. The number of aromatic amines is 1. The number of aryl methyl sites for hydroxylation is 3.